The van der Waals surface area contributed by atoms with Crippen molar-refractivity contribution in [1.29, 1.82) is 0 Å². The van der Waals surface area contributed by atoms with Crippen molar-refractivity contribution in [2.24, 2.45) is 4.99 Å². The first kappa shape index (κ1) is 27.0. The van der Waals surface area contributed by atoms with Crippen LogP contribution in [0, 0.1) is 13.8 Å². The van der Waals surface area contributed by atoms with Gasteiger partial charge >= 0.3 is 0 Å². The fourth-order valence-electron chi connectivity index (χ4n) is 6.29. The number of benzene rings is 3. The Morgan fingerprint density at radius 3 is 2.57 bits per heavy atom. The molecule has 2 aliphatic rings. The van der Waals surface area contributed by atoms with Gasteiger partial charge in [0.25, 0.3) is 5.56 Å². The third-order valence-corrected chi connectivity index (χ3v) is 9.95. The number of nitrogens with zero attached hydrogens (tertiary/aromatic N) is 3. The van der Waals surface area contributed by atoms with Gasteiger partial charge in [0.15, 0.2) is 4.80 Å². The largest absolute Gasteiger partial charge is 0.496 e. The topological polar surface area (TPSA) is 48.5 Å². The molecule has 5 nitrogen and oxygen atoms in total. The maximum Gasteiger partial charge on any atom is 0.271 e. The first-order chi connectivity index (χ1) is 20.4. The minimum absolute atomic E-state index is 0.0561. The number of hydrogen-bond acceptors (Lipinski definition) is 4. The third-order valence-electron chi connectivity index (χ3n) is 8.22. The Hall–Kier alpha value is -3.84. The van der Waals surface area contributed by atoms with E-state index in [9.17, 15) is 4.79 Å². The summed E-state index contributed by atoms with van der Waals surface area (Å²) in [6.45, 7) is 4.09. The van der Waals surface area contributed by atoms with Crippen LogP contribution in [0.3, 0.4) is 0 Å². The van der Waals surface area contributed by atoms with Crippen molar-refractivity contribution in [2.45, 2.75) is 32.7 Å². The molecule has 210 valence electrons. The molecule has 1 atom stereocenters. The van der Waals surface area contributed by atoms with Gasteiger partial charge in [0.2, 0.25) is 0 Å². The van der Waals surface area contributed by atoms with E-state index in [1.807, 2.05) is 54.8 Å². The van der Waals surface area contributed by atoms with E-state index in [2.05, 4.69) is 41.0 Å². The number of para-hydroxylation sites is 1. The monoisotopic (exact) mass is 611 g/mol. The van der Waals surface area contributed by atoms with Gasteiger partial charge in [0, 0.05) is 28.2 Å². The molecule has 0 unspecified atom stereocenters. The third kappa shape index (κ3) is 4.28. The number of allylic oxidation sites excluding steroid dienone is 1. The molecular formula is C34H27Cl2N3O2S. The molecule has 1 aliphatic carbocycles. The molecule has 0 fully saturated rings. The van der Waals surface area contributed by atoms with E-state index < -0.39 is 0 Å². The predicted octanol–water partition coefficient (Wildman–Crippen LogP) is 7.04. The van der Waals surface area contributed by atoms with Gasteiger partial charge in [-0.2, -0.15) is 0 Å². The Kier molecular flexibility index (Phi) is 6.73. The van der Waals surface area contributed by atoms with E-state index in [1.54, 1.807) is 13.2 Å². The number of thiazole rings is 1. The molecule has 0 spiro atoms. The number of methoxy groups -OCH3 is 1. The van der Waals surface area contributed by atoms with Crippen LogP contribution in [0.15, 0.2) is 88.2 Å². The van der Waals surface area contributed by atoms with Gasteiger partial charge in [-0.15, -0.1) is 0 Å². The van der Waals surface area contributed by atoms with Gasteiger partial charge in [0.05, 0.1) is 33.4 Å². The van der Waals surface area contributed by atoms with Crippen molar-refractivity contribution in [3.63, 3.8) is 0 Å². The Labute approximate surface area is 257 Å². The van der Waals surface area contributed by atoms with Crippen molar-refractivity contribution in [3.8, 4) is 11.4 Å². The SMILES string of the molecule is COc1ccccc1[C@H]1C2=C(N=c3s/c(=C/c4cc(C)n(-c5ccc(Cl)c(Cl)c5)c4C)c(=O)n31)c1ccccc1CC2. The summed E-state index contributed by atoms with van der Waals surface area (Å²) in [6, 6.07) is 23.8. The minimum Gasteiger partial charge on any atom is -0.496 e. The number of fused-ring (bicyclic) bond motifs is 3. The molecule has 0 N–H and O–H groups in total. The summed E-state index contributed by atoms with van der Waals surface area (Å²) in [5, 5.41) is 1.01. The van der Waals surface area contributed by atoms with Crippen molar-refractivity contribution in [3.05, 3.63) is 142 Å². The van der Waals surface area contributed by atoms with E-state index in [4.69, 9.17) is 32.9 Å². The normalized spacial score (nSPS) is 16.1. The number of halogens is 2. The van der Waals surface area contributed by atoms with Crippen molar-refractivity contribution >= 4 is 46.3 Å². The highest BCUT2D eigenvalue weighted by Crippen LogP contribution is 2.43. The molecule has 0 amide bonds. The highest BCUT2D eigenvalue weighted by atomic mass is 35.5. The maximum atomic E-state index is 14.3. The summed E-state index contributed by atoms with van der Waals surface area (Å²) >= 11 is 13.9. The van der Waals surface area contributed by atoms with Crippen LogP contribution >= 0.6 is 34.5 Å². The quantitative estimate of drug-likeness (QED) is 0.219. The molecule has 3 heterocycles. The molecule has 3 aromatic carbocycles. The van der Waals surface area contributed by atoms with Crippen LogP contribution in [0.4, 0.5) is 0 Å². The molecule has 0 bridgehead atoms. The Bertz CT molecular complexity index is 2120. The molecule has 2 aromatic heterocycles. The summed E-state index contributed by atoms with van der Waals surface area (Å²) in [5.74, 6) is 0.759. The molecule has 42 heavy (non-hydrogen) atoms. The fourth-order valence-corrected chi connectivity index (χ4v) is 7.57. The zero-order chi connectivity index (χ0) is 29.1. The van der Waals surface area contributed by atoms with Crippen LogP contribution in [-0.2, 0) is 6.42 Å². The number of ether oxygens (including phenoxy) is 1. The van der Waals surface area contributed by atoms with Crippen LogP contribution in [0.25, 0.3) is 17.5 Å². The number of aryl methyl sites for hydroxylation is 2. The molecule has 0 radical (unpaired) electrons. The Balaban J connectivity index is 1.44. The first-order valence-corrected chi connectivity index (χ1v) is 15.3. The highest BCUT2D eigenvalue weighted by molar-refractivity contribution is 7.07. The second-order valence-corrected chi connectivity index (χ2v) is 12.4. The molecule has 1 aliphatic heterocycles. The zero-order valence-electron chi connectivity index (χ0n) is 23.3. The second kappa shape index (κ2) is 10.5. The van der Waals surface area contributed by atoms with Gasteiger partial charge in [-0.3, -0.25) is 9.36 Å². The van der Waals surface area contributed by atoms with Crippen LogP contribution in [0.5, 0.6) is 5.75 Å². The average molecular weight is 613 g/mol. The van der Waals surface area contributed by atoms with E-state index in [0.29, 0.717) is 19.4 Å². The lowest BCUT2D eigenvalue weighted by atomic mass is 9.83. The lowest BCUT2D eigenvalue weighted by Crippen LogP contribution is -2.39. The lowest BCUT2D eigenvalue weighted by Gasteiger charge is -2.31. The average Bonchev–Trinajstić information content (AvgIpc) is 3.46. The van der Waals surface area contributed by atoms with Gasteiger partial charge in [-0.1, -0.05) is 77.0 Å². The van der Waals surface area contributed by atoms with Crippen LogP contribution in [0.1, 0.15) is 46.1 Å². The molecule has 0 saturated heterocycles. The van der Waals surface area contributed by atoms with Crippen LogP contribution in [0.2, 0.25) is 10.0 Å². The number of hydrogen-bond donors (Lipinski definition) is 0. The number of rotatable bonds is 4. The number of aromatic nitrogens is 2. The molecule has 5 aromatic rings. The highest BCUT2D eigenvalue weighted by Gasteiger charge is 2.34. The van der Waals surface area contributed by atoms with Gasteiger partial charge in [0.1, 0.15) is 5.75 Å². The summed E-state index contributed by atoms with van der Waals surface area (Å²) < 4.78 is 10.4. The van der Waals surface area contributed by atoms with Crippen molar-refractivity contribution in [1.82, 2.24) is 9.13 Å². The van der Waals surface area contributed by atoms with Crippen molar-refractivity contribution in [2.75, 3.05) is 7.11 Å². The van der Waals surface area contributed by atoms with Gasteiger partial charge in [-0.25, -0.2) is 4.99 Å². The molecule has 0 saturated carbocycles. The lowest BCUT2D eigenvalue weighted by molar-refractivity contribution is 0.402. The van der Waals surface area contributed by atoms with E-state index in [1.165, 1.54) is 16.9 Å². The maximum absolute atomic E-state index is 14.3. The summed E-state index contributed by atoms with van der Waals surface area (Å²) in [5.41, 5.74) is 9.37. The Morgan fingerprint density at radius 2 is 1.76 bits per heavy atom. The summed E-state index contributed by atoms with van der Waals surface area (Å²) in [7, 11) is 1.68. The fraction of sp³-hybridized carbons (Fsp3) is 0.176. The summed E-state index contributed by atoms with van der Waals surface area (Å²) in [4.78, 5) is 20.1. The van der Waals surface area contributed by atoms with E-state index >= 15 is 0 Å². The van der Waals surface area contributed by atoms with Crippen molar-refractivity contribution < 1.29 is 4.74 Å². The van der Waals surface area contributed by atoms with Gasteiger partial charge < -0.3 is 9.30 Å². The molecule has 7 rings (SSSR count). The Morgan fingerprint density at radius 1 is 0.976 bits per heavy atom. The van der Waals surface area contributed by atoms with Crippen LogP contribution < -0.4 is 19.6 Å². The summed E-state index contributed by atoms with van der Waals surface area (Å²) in [6.07, 6.45) is 3.71. The van der Waals surface area contributed by atoms with E-state index in [0.717, 1.165) is 63.6 Å². The van der Waals surface area contributed by atoms with Crippen LogP contribution in [-0.4, -0.2) is 16.2 Å². The molecular weight excluding hydrogens is 585 g/mol. The van der Waals surface area contributed by atoms with E-state index in [-0.39, 0.29) is 11.6 Å². The zero-order valence-corrected chi connectivity index (χ0v) is 25.6. The second-order valence-electron chi connectivity index (χ2n) is 10.6. The standard InChI is InChI=1S/C34H27Cl2N3O2S/c1-19-16-22(20(2)38(19)23-13-15-27(35)28(36)18-23)17-30-33(40)39-32(25-10-6-7-11-29(25)41-3)26-14-12-21-8-4-5-9-24(21)31(26)37-34(39)42-30/h4-11,13,15-18,32H,12,14H2,1-3H3/b30-17+/t32-/m0/s1. The predicted molar refractivity (Wildman–Crippen MR) is 171 cm³/mol. The van der Waals surface area contributed by atoms with Gasteiger partial charge in [-0.05, 0) is 79.8 Å². The molecule has 8 heteroatoms. The minimum atomic E-state index is -0.299. The first-order valence-electron chi connectivity index (χ1n) is 13.8. The smallest absolute Gasteiger partial charge is 0.271 e.